The average Bonchev–Trinajstić information content (AvgIpc) is 3.82. The van der Waals surface area contributed by atoms with Crippen LogP contribution in [0.25, 0.3) is 10.8 Å². The number of rotatable bonds is 12. The van der Waals surface area contributed by atoms with Gasteiger partial charge in [-0.15, -0.1) is 13.2 Å². The van der Waals surface area contributed by atoms with E-state index >= 15 is 0 Å². The highest BCUT2D eigenvalue weighted by molar-refractivity contribution is 5.96. The van der Waals surface area contributed by atoms with Crippen LogP contribution in [0, 0.1) is 5.92 Å². The van der Waals surface area contributed by atoms with E-state index < -0.39 is 24.1 Å². The Bertz CT molecular complexity index is 1690. The molecule has 1 saturated carbocycles. The van der Waals surface area contributed by atoms with Crippen LogP contribution in [-0.2, 0) is 9.47 Å². The molecular formula is C35H31F3O8. The number of benzene rings is 4. The molecule has 0 N–H and O–H groups in total. The fourth-order valence-electron chi connectivity index (χ4n) is 5.41. The van der Waals surface area contributed by atoms with Crippen molar-refractivity contribution in [3.8, 4) is 23.0 Å². The van der Waals surface area contributed by atoms with Gasteiger partial charge in [0.25, 0.3) is 0 Å². The van der Waals surface area contributed by atoms with E-state index in [-0.39, 0.29) is 17.1 Å². The van der Waals surface area contributed by atoms with Crippen molar-refractivity contribution >= 4 is 22.7 Å². The lowest BCUT2D eigenvalue weighted by Crippen LogP contribution is -2.19. The highest BCUT2D eigenvalue weighted by atomic mass is 19.4. The number of epoxide rings is 1. The molecule has 0 amide bonds. The molecule has 0 radical (unpaired) electrons. The molecule has 11 heteroatoms. The van der Waals surface area contributed by atoms with Gasteiger partial charge in [0.15, 0.2) is 0 Å². The maximum atomic E-state index is 12.8. The van der Waals surface area contributed by atoms with Crippen LogP contribution >= 0.6 is 0 Å². The van der Waals surface area contributed by atoms with E-state index in [1.165, 1.54) is 42.8 Å². The Hall–Kier alpha value is -4.61. The van der Waals surface area contributed by atoms with E-state index in [1.807, 2.05) is 24.3 Å². The molecule has 4 aromatic carbocycles. The van der Waals surface area contributed by atoms with Crippen LogP contribution in [0.4, 0.5) is 13.2 Å². The summed E-state index contributed by atoms with van der Waals surface area (Å²) in [6, 6.07) is 21.1. The first kappa shape index (κ1) is 31.4. The third kappa shape index (κ3) is 8.55. The van der Waals surface area contributed by atoms with Gasteiger partial charge in [0, 0.05) is 19.6 Å². The molecule has 2 fully saturated rings. The number of ether oxygens (including phenoxy) is 6. The molecule has 0 aromatic heterocycles. The second kappa shape index (κ2) is 13.8. The van der Waals surface area contributed by atoms with Gasteiger partial charge in [0.2, 0.25) is 0 Å². The lowest BCUT2D eigenvalue weighted by atomic mass is 9.90. The fourth-order valence-corrected chi connectivity index (χ4v) is 5.41. The number of carbonyl (C=O) groups excluding carboxylic acids is 2. The molecule has 3 atom stereocenters. The average molecular weight is 637 g/mol. The third-order valence-corrected chi connectivity index (χ3v) is 7.76. The summed E-state index contributed by atoms with van der Waals surface area (Å²) < 4.78 is 69.3. The number of alkyl halides is 3. The minimum Gasteiger partial charge on any atom is -0.493 e. The number of halogens is 3. The van der Waals surface area contributed by atoms with Gasteiger partial charge < -0.3 is 28.4 Å². The van der Waals surface area contributed by atoms with Gasteiger partial charge in [-0.05, 0) is 103 Å². The number of fused-ring (bicyclic) bond motifs is 2. The predicted octanol–water partition coefficient (Wildman–Crippen LogP) is 7.53. The summed E-state index contributed by atoms with van der Waals surface area (Å²) in [7, 11) is 0. The van der Waals surface area contributed by atoms with Crippen LogP contribution in [0.1, 0.15) is 46.4 Å². The van der Waals surface area contributed by atoms with Gasteiger partial charge in [-0.3, -0.25) is 0 Å². The maximum absolute atomic E-state index is 12.8. The zero-order valence-electron chi connectivity index (χ0n) is 24.7. The van der Waals surface area contributed by atoms with Crippen molar-refractivity contribution in [3.63, 3.8) is 0 Å². The van der Waals surface area contributed by atoms with Gasteiger partial charge in [0.1, 0.15) is 23.0 Å². The molecule has 2 aliphatic rings. The number of carbonyl (C=O) groups is 2. The van der Waals surface area contributed by atoms with Crippen LogP contribution in [0.15, 0.2) is 84.9 Å². The van der Waals surface area contributed by atoms with Gasteiger partial charge in [-0.2, -0.15) is 0 Å². The van der Waals surface area contributed by atoms with Gasteiger partial charge in [-0.1, -0.05) is 18.2 Å². The van der Waals surface area contributed by atoms with E-state index in [1.54, 1.807) is 12.1 Å². The summed E-state index contributed by atoms with van der Waals surface area (Å²) in [5.41, 5.74) is 0.214. The highest BCUT2D eigenvalue weighted by Crippen LogP contribution is 2.39. The standard InChI is InChI=1S/C35H31F3O8/c36-35(37,38)46-30-4-1-3-25(20-30)33(39)43-27-10-12-28(13-11-27)44-34(40)26-7-6-24-19-29(9-8-23(24)18-26)42-16-2-15-41-21-22-5-14-31-32(17-22)45-31/h1,3-4,6-13,18-20,22,31-32H,2,5,14-17,21H2. The van der Waals surface area contributed by atoms with Crippen LogP contribution in [0.2, 0.25) is 0 Å². The normalized spacial score (nSPS) is 18.8. The van der Waals surface area contributed by atoms with Crippen molar-refractivity contribution in [2.45, 2.75) is 44.3 Å². The van der Waals surface area contributed by atoms with Crippen molar-refractivity contribution in [1.29, 1.82) is 0 Å². The molecule has 0 bridgehead atoms. The highest BCUT2D eigenvalue weighted by Gasteiger charge is 2.43. The predicted molar refractivity (Wildman–Crippen MR) is 160 cm³/mol. The van der Waals surface area contributed by atoms with Crippen molar-refractivity contribution in [2.24, 2.45) is 5.92 Å². The Balaban J connectivity index is 0.955. The van der Waals surface area contributed by atoms with Gasteiger partial charge >= 0.3 is 18.3 Å². The Morgan fingerprint density at radius 2 is 1.39 bits per heavy atom. The molecule has 8 nitrogen and oxygen atoms in total. The molecule has 3 unspecified atom stereocenters. The van der Waals surface area contributed by atoms with Crippen molar-refractivity contribution < 1.29 is 51.2 Å². The first-order chi connectivity index (χ1) is 22.2. The maximum Gasteiger partial charge on any atom is 0.573 e. The SMILES string of the molecule is O=C(Oc1ccc(OC(=O)c2ccc3cc(OCCCOCC4CCC5OC5C4)ccc3c2)cc1)c1cccc(OC(F)(F)F)c1. The van der Waals surface area contributed by atoms with E-state index in [4.69, 9.17) is 23.7 Å². The first-order valence-corrected chi connectivity index (χ1v) is 15.0. The molecule has 1 aliphatic carbocycles. The molecule has 4 aromatic rings. The molecule has 0 spiro atoms. The summed E-state index contributed by atoms with van der Waals surface area (Å²) in [5.74, 6) is -0.358. The molecule has 1 heterocycles. The van der Waals surface area contributed by atoms with E-state index in [0.29, 0.717) is 36.9 Å². The van der Waals surface area contributed by atoms with Gasteiger partial charge in [0.05, 0.1) is 29.9 Å². The monoisotopic (exact) mass is 636 g/mol. The molecule has 6 rings (SSSR count). The Morgan fingerprint density at radius 3 is 2.11 bits per heavy atom. The van der Waals surface area contributed by atoms with Crippen molar-refractivity contribution in [1.82, 2.24) is 0 Å². The molecule has 1 saturated heterocycles. The lowest BCUT2D eigenvalue weighted by Gasteiger charge is -2.18. The van der Waals surface area contributed by atoms with E-state index in [2.05, 4.69) is 4.74 Å². The first-order valence-electron chi connectivity index (χ1n) is 15.0. The largest absolute Gasteiger partial charge is 0.573 e. The summed E-state index contributed by atoms with van der Waals surface area (Å²) in [4.78, 5) is 25.2. The topological polar surface area (TPSA) is 92.8 Å². The third-order valence-electron chi connectivity index (χ3n) is 7.76. The quantitative estimate of drug-likeness (QED) is 0.0682. The number of hydrogen-bond acceptors (Lipinski definition) is 8. The molecule has 240 valence electrons. The van der Waals surface area contributed by atoms with E-state index in [0.717, 1.165) is 54.5 Å². The Kier molecular flexibility index (Phi) is 9.41. The molecule has 1 aliphatic heterocycles. The smallest absolute Gasteiger partial charge is 0.493 e. The van der Waals surface area contributed by atoms with Crippen LogP contribution in [0.5, 0.6) is 23.0 Å². The van der Waals surface area contributed by atoms with E-state index in [9.17, 15) is 22.8 Å². The van der Waals surface area contributed by atoms with Crippen molar-refractivity contribution in [3.05, 3.63) is 96.1 Å². The molecular weight excluding hydrogens is 605 g/mol. The fraction of sp³-hybridized carbons (Fsp3) is 0.314. The summed E-state index contributed by atoms with van der Waals surface area (Å²) >= 11 is 0. The Morgan fingerprint density at radius 1 is 0.717 bits per heavy atom. The second-order valence-corrected chi connectivity index (χ2v) is 11.2. The number of esters is 2. The minimum atomic E-state index is -4.89. The Labute approximate surface area is 262 Å². The molecule has 46 heavy (non-hydrogen) atoms. The van der Waals surface area contributed by atoms with Crippen molar-refractivity contribution in [2.75, 3.05) is 19.8 Å². The van der Waals surface area contributed by atoms with Crippen LogP contribution < -0.4 is 18.9 Å². The lowest BCUT2D eigenvalue weighted by molar-refractivity contribution is -0.274. The summed E-state index contributed by atoms with van der Waals surface area (Å²) in [6.07, 6.45) is 0.317. The summed E-state index contributed by atoms with van der Waals surface area (Å²) in [6.45, 7) is 1.97. The number of hydrogen-bond donors (Lipinski definition) is 0. The van der Waals surface area contributed by atoms with Crippen LogP contribution in [0.3, 0.4) is 0 Å². The van der Waals surface area contributed by atoms with Crippen LogP contribution in [-0.4, -0.2) is 50.3 Å². The van der Waals surface area contributed by atoms with Gasteiger partial charge in [-0.25, -0.2) is 9.59 Å². The minimum absolute atomic E-state index is 0.106. The second-order valence-electron chi connectivity index (χ2n) is 11.2. The zero-order valence-corrected chi connectivity index (χ0v) is 24.7. The zero-order chi connectivity index (χ0) is 32.1. The summed E-state index contributed by atoms with van der Waals surface area (Å²) in [5, 5.41) is 1.75.